The van der Waals surface area contributed by atoms with E-state index in [2.05, 4.69) is 414 Å². The number of para-hydroxylation sites is 1. The lowest BCUT2D eigenvalue weighted by atomic mass is 9.87. The van der Waals surface area contributed by atoms with Gasteiger partial charge in [0, 0.05) is 9.79 Å². The van der Waals surface area contributed by atoms with Crippen LogP contribution < -0.4 is 4.74 Å². The van der Waals surface area contributed by atoms with E-state index in [1.807, 2.05) is 42.5 Å². The van der Waals surface area contributed by atoms with Gasteiger partial charge in [-0.2, -0.15) is 0 Å². The lowest BCUT2D eigenvalue weighted by Crippen LogP contribution is -2.13. The van der Waals surface area contributed by atoms with Gasteiger partial charge in [0.05, 0.1) is 43.6 Å². The summed E-state index contributed by atoms with van der Waals surface area (Å²) in [5.74, 6) is 1.70. The number of ether oxygens (including phenoxy) is 1. The highest BCUT2D eigenvalue weighted by molar-refractivity contribution is 7.99. The molecule has 0 unspecified atom stereocenters. The molecule has 0 fully saturated rings. The molecule has 0 aliphatic carbocycles. The lowest BCUT2D eigenvalue weighted by molar-refractivity contribution is 0.482. The van der Waals surface area contributed by atoms with Crippen molar-refractivity contribution in [3.8, 4) is 11.5 Å². The summed E-state index contributed by atoms with van der Waals surface area (Å²) in [4.78, 5) is 18.7. The minimum absolute atomic E-state index is 0.0146. The van der Waals surface area contributed by atoms with E-state index in [1.54, 1.807) is 11.8 Å². The Kier molecular flexibility index (Phi) is 26.0. The van der Waals surface area contributed by atoms with Crippen molar-refractivity contribution in [1.29, 1.82) is 0 Å². The molecule has 0 atom stereocenters. The first-order chi connectivity index (χ1) is 49.5. The summed E-state index contributed by atoms with van der Waals surface area (Å²) >= 11 is 1.80. The third-order valence-corrected chi connectivity index (χ3v) is 26.7. The zero-order valence-electron chi connectivity index (χ0n) is 60.0. The van der Waals surface area contributed by atoms with Crippen LogP contribution in [0.2, 0.25) is 0 Å². The van der Waals surface area contributed by atoms with Gasteiger partial charge in [-0.15, -0.1) is 0 Å². The highest BCUT2D eigenvalue weighted by atomic mass is 32.2. The van der Waals surface area contributed by atoms with Crippen LogP contribution in [0.15, 0.2) is 463 Å². The minimum Gasteiger partial charge on any atom is -0.457 e. The Morgan fingerprint density at radius 1 is 0.176 bits per heavy atom. The number of hydrogen-bond donors (Lipinski definition) is 0. The number of hydrogen-bond acceptors (Lipinski definition) is 2. The van der Waals surface area contributed by atoms with E-state index in [-0.39, 0.29) is 59.8 Å². The van der Waals surface area contributed by atoms with Gasteiger partial charge in [-0.3, -0.25) is 0 Å². The molecule has 0 aliphatic heterocycles. The van der Waals surface area contributed by atoms with Gasteiger partial charge in [-0.05, 0) is 227 Å². The first kappa shape index (κ1) is 73.8. The molecular formula is C96H92OS5+4. The van der Waals surface area contributed by atoms with Crippen molar-refractivity contribution >= 4 is 55.3 Å². The monoisotopic (exact) mass is 1420 g/mol. The Morgan fingerprint density at radius 2 is 0.343 bits per heavy atom. The van der Waals surface area contributed by atoms with Crippen LogP contribution in [0.25, 0.3) is 0 Å². The van der Waals surface area contributed by atoms with E-state index >= 15 is 0 Å². The highest BCUT2D eigenvalue weighted by Crippen LogP contribution is 2.39. The fraction of sp³-hybridized carbons (Fsp3) is 0.125. The smallest absolute Gasteiger partial charge is 0.166 e. The van der Waals surface area contributed by atoms with Gasteiger partial charge < -0.3 is 4.74 Å². The van der Waals surface area contributed by atoms with Crippen LogP contribution in [-0.4, -0.2) is 0 Å². The van der Waals surface area contributed by atoms with E-state index in [1.165, 1.54) is 85.2 Å². The molecule has 14 aromatic carbocycles. The Labute approximate surface area is 624 Å². The van der Waals surface area contributed by atoms with Gasteiger partial charge >= 0.3 is 0 Å². The highest BCUT2D eigenvalue weighted by Gasteiger charge is 2.33. The van der Waals surface area contributed by atoms with Gasteiger partial charge in [-0.1, -0.05) is 274 Å². The normalized spacial score (nSPS) is 11.4. The summed E-state index contributed by atoms with van der Waals surface area (Å²) in [5.41, 5.74) is 4.64. The largest absolute Gasteiger partial charge is 0.457 e. The van der Waals surface area contributed by atoms with Gasteiger partial charge in [0.25, 0.3) is 0 Å². The summed E-state index contributed by atoms with van der Waals surface area (Å²) in [7, 11) is -0.338. The van der Waals surface area contributed by atoms with Gasteiger partial charge in [0.15, 0.2) is 58.7 Å². The SMILES string of the molecule is CC(C)(C)c1ccc([S+](c2ccc(C(C)(C)C)cc2)c2ccc(C(C)(C)C)cc2)cc1.c1ccc(Oc2ccc([S+](c3ccccc3)c3ccccc3)cc2)cc1.c1ccc(Sc2ccc([S+](c3ccccc3)c3ccccc3)cc2)cc1.c1ccc([S+](c2ccccc2)c2ccccc2)cc1. The van der Waals surface area contributed by atoms with Crippen molar-refractivity contribution in [2.75, 3.05) is 0 Å². The van der Waals surface area contributed by atoms with E-state index in [9.17, 15) is 0 Å². The molecule has 0 radical (unpaired) electrons. The van der Waals surface area contributed by atoms with Crippen molar-refractivity contribution in [2.24, 2.45) is 0 Å². The zero-order valence-corrected chi connectivity index (χ0v) is 64.1. The molecule has 0 spiro atoms. The molecule has 0 saturated heterocycles. The average Bonchev–Trinajstić information content (AvgIpc) is 0.798. The predicted molar refractivity (Wildman–Crippen MR) is 439 cm³/mol. The molecule has 0 aromatic heterocycles. The van der Waals surface area contributed by atoms with Crippen LogP contribution >= 0.6 is 11.8 Å². The second kappa shape index (κ2) is 36.0. The standard InChI is InChI=1S/C30H39S.C24H19OS.C24H19S2.C18H15S/c1-28(2,3)22-10-16-25(17-11-22)31(26-18-12-23(13-19-26)29(4,5)6)27-20-14-24(15-21-27)30(7,8)9;2*1-4-10-20(11-5-1)25-21-16-18-24(19-17-21)26(22-12-6-2-7-13-22)23-14-8-3-9-15-23;1-4-10-16(11-5-1)19(17-12-6-2-7-13-17)18-14-8-3-9-15-18/h10-21H,1-9H3;2*1-19H;1-15H/q4*+1. The van der Waals surface area contributed by atoms with Crippen LogP contribution in [-0.2, 0) is 59.8 Å². The first-order valence-corrected chi connectivity index (χ1v) is 40.5. The van der Waals surface area contributed by atoms with E-state index in [0.717, 1.165) is 11.5 Å². The third kappa shape index (κ3) is 20.9. The van der Waals surface area contributed by atoms with Crippen LogP contribution in [0.3, 0.4) is 0 Å². The van der Waals surface area contributed by atoms with Crippen LogP contribution in [0.4, 0.5) is 0 Å². The summed E-state index contributed by atoms with van der Waals surface area (Å²) in [6.45, 7) is 20.5. The molecule has 14 rings (SSSR count). The fourth-order valence-electron chi connectivity index (χ4n) is 11.3. The maximum absolute atomic E-state index is 5.93. The van der Waals surface area contributed by atoms with E-state index < -0.39 is 0 Å². The zero-order chi connectivity index (χ0) is 71.2. The van der Waals surface area contributed by atoms with Crippen molar-refractivity contribution in [1.82, 2.24) is 0 Å². The molecule has 1 nitrogen and oxygen atoms in total. The van der Waals surface area contributed by atoms with Crippen LogP contribution in [0, 0.1) is 0 Å². The van der Waals surface area contributed by atoms with Gasteiger partial charge in [0.1, 0.15) is 11.5 Å². The first-order valence-electron chi connectivity index (χ1n) is 34.8. The van der Waals surface area contributed by atoms with Crippen molar-refractivity contribution in [3.63, 3.8) is 0 Å². The topological polar surface area (TPSA) is 9.23 Å². The van der Waals surface area contributed by atoms with Crippen molar-refractivity contribution in [3.05, 3.63) is 411 Å². The molecule has 0 saturated carbocycles. The maximum atomic E-state index is 5.93. The predicted octanol–water partition coefficient (Wildman–Crippen LogP) is 27.0. The molecular weight excluding hydrogens is 1330 g/mol. The van der Waals surface area contributed by atoms with Crippen molar-refractivity contribution in [2.45, 2.75) is 147 Å². The van der Waals surface area contributed by atoms with Crippen LogP contribution in [0.5, 0.6) is 11.5 Å². The summed E-state index contributed by atoms with van der Waals surface area (Å²) in [5, 5.41) is 0. The average molecular weight is 1420 g/mol. The van der Waals surface area contributed by atoms with Gasteiger partial charge in [0.2, 0.25) is 0 Å². The molecule has 508 valence electrons. The molecule has 14 aromatic rings. The molecule has 0 heterocycles. The number of rotatable bonds is 16. The lowest BCUT2D eigenvalue weighted by Gasteiger charge is -2.21. The molecule has 0 N–H and O–H groups in total. The number of benzene rings is 14. The molecule has 0 aliphatic rings. The Bertz CT molecular complexity index is 4230. The second-order valence-electron chi connectivity index (χ2n) is 27.5. The molecule has 0 amide bonds. The maximum Gasteiger partial charge on any atom is 0.166 e. The molecule has 0 bridgehead atoms. The molecule has 102 heavy (non-hydrogen) atoms. The second-order valence-corrected chi connectivity index (χ2v) is 36.8. The third-order valence-electron chi connectivity index (χ3n) is 16.8. The van der Waals surface area contributed by atoms with Crippen molar-refractivity contribution < 1.29 is 4.74 Å². The quantitative estimate of drug-likeness (QED) is 0.0892. The summed E-state index contributed by atoms with van der Waals surface area (Å²) in [6, 6.07) is 141. The summed E-state index contributed by atoms with van der Waals surface area (Å²) < 4.78 is 5.93. The Morgan fingerprint density at radius 3 is 0.569 bits per heavy atom. The Balaban J connectivity index is 0.000000138. The molecule has 6 heteroatoms. The van der Waals surface area contributed by atoms with Crippen LogP contribution in [0.1, 0.15) is 79.0 Å². The fourth-order valence-corrected chi connectivity index (χ4v) is 20.5. The summed E-state index contributed by atoms with van der Waals surface area (Å²) in [6.07, 6.45) is 0. The van der Waals surface area contributed by atoms with Gasteiger partial charge in [-0.25, -0.2) is 0 Å². The van der Waals surface area contributed by atoms with E-state index in [0.29, 0.717) is 0 Å². The Hall–Kier alpha value is -9.37. The van der Waals surface area contributed by atoms with E-state index in [4.69, 9.17) is 4.74 Å². The minimum atomic E-state index is -0.125.